The van der Waals surface area contributed by atoms with E-state index in [-0.39, 0.29) is 6.04 Å². The van der Waals surface area contributed by atoms with Crippen molar-refractivity contribution in [3.05, 3.63) is 21.3 Å². The van der Waals surface area contributed by atoms with Crippen molar-refractivity contribution >= 4 is 22.9 Å². The quantitative estimate of drug-likeness (QED) is 0.822. The Labute approximate surface area is 87.9 Å². The summed E-state index contributed by atoms with van der Waals surface area (Å²) in [6.07, 6.45) is 0. The van der Waals surface area contributed by atoms with Gasteiger partial charge in [-0.15, -0.1) is 11.3 Å². The largest absolute Gasteiger partial charge is 0.380 e. The highest BCUT2D eigenvalue weighted by atomic mass is 35.5. The first-order chi connectivity index (χ1) is 6.29. The van der Waals surface area contributed by atoms with Crippen LogP contribution in [-0.2, 0) is 4.74 Å². The Bertz CT molecular complexity index is 252. The van der Waals surface area contributed by atoms with E-state index in [4.69, 9.17) is 16.3 Å². The van der Waals surface area contributed by atoms with E-state index in [1.807, 2.05) is 25.4 Å². The molecule has 0 aliphatic carbocycles. The highest BCUT2D eigenvalue weighted by Crippen LogP contribution is 2.28. The van der Waals surface area contributed by atoms with E-state index in [2.05, 4.69) is 5.32 Å². The third kappa shape index (κ3) is 2.95. The predicted molar refractivity (Wildman–Crippen MR) is 57.6 cm³/mol. The Morgan fingerprint density at radius 2 is 2.46 bits per heavy atom. The van der Waals surface area contributed by atoms with E-state index in [0.717, 1.165) is 16.5 Å². The van der Waals surface area contributed by atoms with Gasteiger partial charge in [-0.2, -0.15) is 0 Å². The van der Waals surface area contributed by atoms with E-state index in [1.54, 1.807) is 11.3 Å². The number of nitrogens with one attached hydrogen (secondary N) is 1. The zero-order valence-electron chi connectivity index (χ0n) is 7.84. The molecule has 13 heavy (non-hydrogen) atoms. The number of hydrogen-bond donors (Lipinski definition) is 1. The summed E-state index contributed by atoms with van der Waals surface area (Å²) in [6.45, 7) is 3.40. The zero-order chi connectivity index (χ0) is 9.68. The normalized spacial score (nSPS) is 13.2. The van der Waals surface area contributed by atoms with Crippen LogP contribution in [0, 0.1) is 0 Å². The SMILES string of the molecule is CCOCC(NC)c1sccc1Cl. The Balaban J connectivity index is 2.61. The van der Waals surface area contributed by atoms with Crippen molar-refractivity contribution in [2.24, 2.45) is 0 Å². The molecule has 0 saturated carbocycles. The predicted octanol–water partition coefficient (Wildman–Crippen LogP) is 2.70. The molecule has 74 valence electrons. The Hall–Kier alpha value is -0.0900. The second kappa shape index (κ2) is 5.60. The van der Waals surface area contributed by atoms with Crippen LogP contribution in [0.1, 0.15) is 17.8 Å². The summed E-state index contributed by atoms with van der Waals surface area (Å²) in [5.74, 6) is 0. The lowest BCUT2D eigenvalue weighted by molar-refractivity contribution is 0.126. The van der Waals surface area contributed by atoms with Gasteiger partial charge in [0.15, 0.2) is 0 Å². The minimum absolute atomic E-state index is 0.215. The number of rotatable bonds is 5. The van der Waals surface area contributed by atoms with Gasteiger partial charge < -0.3 is 10.1 Å². The molecule has 0 saturated heterocycles. The standard InChI is InChI=1S/C9H14ClNOS/c1-3-12-6-8(11-2)9-7(10)4-5-13-9/h4-5,8,11H,3,6H2,1-2H3. The van der Waals surface area contributed by atoms with Crippen LogP contribution < -0.4 is 5.32 Å². The fourth-order valence-electron chi connectivity index (χ4n) is 1.08. The summed E-state index contributed by atoms with van der Waals surface area (Å²) in [7, 11) is 1.92. The lowest BCUT2D eigenvalue weighted by Gasteiger charge is -2.14. The molecule has 0 aliphatic rings. The smallest absolute Gasteiger partial charge is 0.0669 e. The number of thiophene rings is 1. The molecule has 1 aromatic heterocycles. The maximum Gasteiger partial charge on any atom is 0.0669 e. The number of hydrogen-bond acceptors (Lipinski definition) is 3. The molecule has 1 heterocycles. The molecule has 0 aliphatic heterocycles. The van der Waals surface area contributed by atoms with Crippen molar-refractivity contribution in [1.82, 2.24) is 5.32 Å². The minimum Gasteiger partial charge on any atom is -0.380 e. The van der Waals surface area contributed by atoms with E-state index in [9.17, 15) is 0 Å². The van der Waals surface area contributed by atoms with Crippen molar-refractivity contribution in [1.29, 1.82) is 0 Å². The van der Waals surface area contributed by atoms with Gasteiger partial charge in [-0.25, -0.2) is 0 Å². The summed E-state index contributed by atoms with van der Waals surface area (Å²) in [5.41, 5.74) is 0. The molecule has 0 aromatic carbocycles. The van der Waals surface area contributed by atoms with Gasteiger partial charge in [0.2, 0.25) is 0 Å². The molecular weight excluding hydrogens is 206 g/mol. The molecule has 1 N–H and O–H groups in total. The fourth-order valence-corrected chi connectivity index (χ4v) is 2.36. The number of ether oxygens (including phenoxy) is 1. The molecule has 1 unspecified atom stereocenters. The van der Waals surface area contributed by atoms with Gasteiger partial charge in [0, 0.05) is 11.5 Å². The van der Waals surface area contributed by atoms with Gasteiger partial charge in [0.05, 0.1) is 17.7 Å². The molecule has 1 rings (SSSR count). The second-order valence-corrected chi connectivity index (χ2v) is 3.99. The van der Waals surface area contributed by atoms with Crippen LogP contribution in [0.2, 0.25) is 5.02 Å². The van der Waals surface area contributed by atoms with Crippen LogP contribution in [0.4, 0.5) is 0 Å². The average Bonchev–Trinajstić information content (AvgIpc) is 2.54. The average molecular weight is 220 g/mol. The first kappa shape index (κ1) is 11.0. The van der Waals surface area contributed by atoms with Gasteiger partial charge in [-0.3, -0.25) is 0 Å². The maximum absolute atomic E-state index is 6.01. The van der Waals surface area contributed by atoms with Crippen LogP contribution in [0.25, 0.3) is 0 Å². The van der Waals surface area contributed by atoms with Gasteiger partial charge in [-0.1, -0.05) is 11.6 Å². The first-order valence-electron chi connectivity index (χ1n) is 4.27. The third-order valence-corrected chi connectivity index (χ3v) is 3.27. The van der Waals surface area contributed by atoms with Crippen LogP contribution in [0.3, 0.4) is 0 Å². The molecule has 4 heteroatoms. The lowest BCUT2D eigenvalue weighted by atomic mass is 10.2. The van der Waals surface area contributed by atoms with Crippen LogP contribution in [-0.4, -0.2) is 20.3 Å². The van der Waals surface area contributed by atoms with Gasteiger partial charge in [0.1, 0.15) is 0 Å². The summed E-state index contributed by atoms with van der Waals surface area (Å²) in [4.78, 5) is 1.15. The number of halogens is 1. The van der Waals surface area contributed by atoms with Gasteiger partial charge in [-0.05, 0) is 25.4 Å². The van der Waals surface area contributed by atoms with Gasteiger partial charge >= 0.3 is 0 Å². The zero-order valence-corrected chi connectivity index (χ0v) is 9.41. The molecule has 0 spiro atoms. The highest BCUT2D eigenvalue weighted by molar-refractivity contribution is 7.10. The van der Waals surface area contributed by atoms with Crippen molar-refractivity contribution in [2.75, 3.05) is 20.3 Å². The Morgan fingerprint density at radius 3 is 2.92 bits per heavy atom. The summed E-state index contributed by atoms with van der Waals surface area (Å²) in [6, 6.07) is 2.13. The molecule has 0 amide bonds. The van der Waals surface area contributed by atoms with Crippen LogP contribution >= 0.6 is 22.9 Å². The molecular formula is C9H14ClNOS. The molecule has 1 aromatic rings. The summed E-state index contributed by atoms with van der Waals surface area (Å²) in [5, 5.41) is 6.00. The summed E-state index contributed by atoms with van der Waals surface area (Å²) < 4.78 is 5.35. The van der Waals surface area contributed by atoms with Crippen molar-refractivity contribution in [3.63, 3.8) is 0 Å². The Kier molecular flexibility index (Phi) is 4.73. The first-order valence-corrected chi connectivity index (χ1v) is 5.53. The van der Waals surface area contributed by atoms with E-state index in [0.29, 0.717) is 6.61 Å². The molecule has 0 fully saturated rings. The highest BCUT2D eigenvalue weighted by Gasteiger charge is 2.13. The van der Waals surface area contributed by atoms with E-state index < -0.39 is 0 Å². The van der Waals surface area contributed by atoms with E-state index in [1.165, 1.54) is 0 Å². The third-order valence-electron chi connectivity index (χ3n) is 1.80. The fraction of sp³-hybridized carbons (Fsp3) is 0.556. The van der Waals surface area contributed by atoms with Gasteiger partial charge in [0.25, 0.3) is 0 Å². The number of likely N-dealkylation sites (N-methyl/N-ethyl adjacent to an activating group) is 1. The second-order valence-electron chi connectivity index (χ2n) is 2.63. The van der Waals surface area contributed by atoms with E-state index >= 15 is 0 Å². The topological polar surface area (TPSA) is 21.3 Å². The minimum atomic E-state index is 0.215. The summed E-state index contributed by atoms with van der Waals surface area (Å²) >= 11 is 7.67. The molecule has 1 atom stereocenters. The molecule has 2 nitrogen and oxygen atoms in total. The maximum atomic E-state index is 6.01. The van der Waals surface area contributed by atoms with Crippen molar-refractivity contribution in [3.8, 4) is 0 Å². The monoisotopic (exact) mass is 219 g/mol. The molecule has 0 bridgehead atoms. The van der Waals surface area contributed by atoms with Crippen LogP contribution in [0.15, 0.2) is 11.4 Å². The van der Waals surface area contributed by atoms with Crippen LogP contribution in [0.5, 0.6) is 0 Å². The lowest BCUT2D eigenvalue weighted by Crippen LogP contribution is -2.21. The molecule has 0 radical (unpaired) electrons. The Morgan fingerprint density at radius 1 is 1.69 bits per heavy atom. The van der Waals surface area contributed by atoms with Crippen molar-refractivity contribution < 1.29 is 4.74 Å². The van der Waals surface area contributed by atoms with Crippen molar-refractivity contribution in [2.45, 2.75) is 13.0 Å².